The van der Waals surface area contributed by atoms with Gasteiger partial charge in [-0.05, 0) is 46.3 Å². The second kappa shape index (κ2) is 6.84. The van der Waals surface area contributed by atoms with Crippen molar-refractivity contribution in [2.75, 3.05) is 0 Å². The molecule has 0 spiro atoms. The largest absolute Gasteiger partial charge is 0.435 e. The van der Waals surface area contributed by atoms with E-state index in [2.05, 4.69) is 36.1 Å². The molecule has 3 aromatic heterocycles. The average molecular weight is 494 g/mol. The van der Waals surface area contributed by atoms with Crippen molar-refractivity contribution in [3.05, 3.63) is 70.7 Å². The molecule has 5 nitrogen and oxygen atoms in total. The Hall–Kier alpha value is -3.34. The number of nitrogens with zero attached hydrogens (tertiary/aromatic N) is 4. The van der Waals surface area contributed by atoms with Gasteiger partial charge in [-0.15, -0.1) is 0 Å². The van der Waals surface area contributed by atoms with Crippen LogP contribution < -0.4 is 0 Å². The molecule has 0 aliphatic carbocycles. The van der Waals surface area contributed by atoms with E-state index < -0.39 is 29.2 Å². The van der Waals surface area contributed by atoms with E-state index in [0.29, 0.717) is 11.1 Å². The molecule has 5 rings (SSSR count). The molecule has 2 aromatic carbocycles. The number of H-pyrrole nitrogens is 1. The molecular weight excluding hydrogens is 485 g/mol. The minimum Gasteiger partial charge on any atom is -0.295 e. The van der Waals surface area contributed by atoms with Crippen LogP contribution in [0, 0.1) is 11.6 Å². The van der Waals surface area contributed by atoms with Crippen LogP contribution in [0.3, 0.4) is 0 Å². The summed E-state index contributed by atoms with van der Waals surface area (Å²) < 4.78 is 71.4. The van der Waals surface area contributed by atoms with Crippen molar-refractivity contribution in [1.29, 1.82) is 0 Å². The summed E-state index contributed by atoms with van der Waals surface area (Å²) >= 11 is 3.07. The second-order valence-corrected chi connectivity index (χ2v) is 7.55. The molecule has 0 amide bonds. The van der Waals surface area contributed by atoms with Gasteiger partial charge in [0.05, 0.1) is 39.2 Å². The summed E-state index contributed by atoms with van der Waals surface area (Å²) in [7, 11) is 0. The molecule has 0 radical (unpaired) electrons. The number of benzene rings is 2. The summed E-state index contributed by atoms with van der Waals surface area (Å²) in [5.74, 6) is -1.36. The molecular formula is C20H9BrF5N5. The first-order valence-corrected chi connectivity index (χ1v) is 9.56. The Morgan fingerprint density at radius 2 is 1.84 bits per heavy atom. The summed E-state index contributed by atoms with van der Waals surface area (Å²) in [6, 6.07) is 6.77. The number of rotatable bonds is 2. The van der Waals surface area contributed by atoms with E-state index in [1.54, 1.807) is 0 Å². The summed E-state index contributed by atoms with van der Waals surface area (Å²) in [5.41, 5.74) is -1.05. The number of fused-ring (bicyclic) bond motifs is 2. The Morgan fingerprint density at radius 1 is 1.03 bits per heavy atom. The van der Waals surface area contributed by atoms with E-state index in [4.69, 9.17) is 0 Å². The van der Waals surface area contributed by atoms with Gasteiger partial charge in [0.15, 0.2) is 11.3 Å². The third-order valence-electron chi connectivity index (χ3n) is 4.81. The van der Waals surface area contributed by atoms with Gasteiger partial charge in [0, 0.05) is 17.3 Å². The molecule has 3 heterocycles. The average Bonchev–Trinajstić information content (AvgIpc) is 3.35. The van der Waals surface area contributed by atoms with Gasteiger partial charge < -0.3 is 0 Å². The Kier molecular flexibility index (Phi) is 4.33. The van der Waals surface area contributed by atoms with Crippen LogP contribution in [0.25, 0.3) is 39.1 Å². The lowest BCUT2D eigenvalue weighted by atomic mass is 10.1. The van der Waals surface area contributed by atoms with Gasteiger partial charge in [-0.25, -0.2) is 13.8 Å². The number of alkyl halides is 3. The first kappa shape index (κ1) is 19.6. The molecule has 31 heavy (non-hydrogen) atoms. The fraction of sp³-hybridized carbons (Fsp3) is 0.0500. The molecule has 0 saturated heterocycles. The van der Waals surface area contributed by atoms with E-state index in [0.717, 1.165) is 10.6 Å². The van der Waals surface area contributed by atoms with Crippen molar-refractivity contribution in [3.63, 3.8) is 0 Å². The fourth-order valence-electron chi connectivity index (χ4n) is 3.38. The monoisotopic (exact) mass is 493 g/mol. The Balaban J connectivity index is 1.82. The lowest BCUT2D eigenvalue weighted by Gasteiger charge is -2.10. The highest BCUT2D eigenvalue weighted by molar-refractivity contribution is 9.10. The minimum atomic E-state index is -4.84. The quantitative estimate of drug-likeness (QED) is 0.307. The molecule has 156 valence electrons. The lowest BCUT2D eigenvalue weighted by Crippen LogP contribution is -2.08. The number of hydrogen-bond acceptors (Lipinski definition) is 3. The van der Waals surface area contributed by atoms with Gasteiger partial charge in [-0.3, -0.25) is 14.5 Å². The first-order chi connectivity index (χ1) is 14.7. The van der Waals surface area contributed by atoms with Crippen molar-refractivity contribution in [2.24, 2.45) is 0 Å². The van der Waals surface area contributed by atoms with Crippen molar-refractivity contribution < 1.29 is 22.0 Å². The maximum absolute atomic E-state index is 15.2. The van der Waals surface area contributed by atoms with Crippen molar-refractivity contribution >= 4 is 32.5 Å². The number of nitrogens with one attached hydrogen (secondary N) is 1. The Bertz CT molecular complexity index is 1470. The topological polar surface area (TPSA) is 58.9 Å². The molecule has 0 bridgehead atoms. The van der Waals surface area contributed by atoms with Gasteiger partial charge in [-0.2, -0.15) is 18.3 Å². The molecule has 0 saturated carbocycles. The third kappa shape index (κ3) is 3.16. The fourth-order valence-corrected chi connectivity index (χ4v) is 3.76. The normalized spacial score (nSPS) is 12.2. The molecule has 11 heteroatoms. The summed E-state index contributed by atoms with van der Waals surface area (Å²) in [5, 5.41) is 6.36. The van der Waals surface area contributed by atoms with Gasteiger partial charge in [0.1, 0.15) is 11.6 Å². The molecule has 0 atom stereocenters. The predicted octanol–water partition coefficient (Wildman–Crippen LogP) is 6.00. The van der Waals surface area contributed by atoms with Gasteiger partial charge >= 0.3 is 6.18 Å². The van der Waals surface area contributed by atoms with Crippen LogP contribution in [-0.2, 0) is 6.18 Å². The molecule has 0 fully saturated rings. The summed E-state index contributed by atoms with van der Waals surface area (Å²) in [4.78, 5) is 7.79. The molecule has 0 unspecified atom stereocenters. The summed E-state index contributed by atoms with van der Waals surface area (Å²) in [6.07, 6.45) is -1.17. The smallest absolute Gasteiger partial charge is 0.295 e. The SMILES string of the molecule is Fc1ccc(-c2cn3c(-c4ccc5[nH]ncc5c4F)c(C(F)(F)F)nc3cn2)cc1Br. The van der Waals surface area contributed by atoms with Crippen LogP contribution in [0.1, 0.15) is 5.69 Å². The number of halogens is 6. The van der Waals surface area contributed by atoms with Crippen molar-refractivity contribution in [1.82, 2.24) is 24.6 Å². The van der Waals surface area contributed by atoms with Crippen LogP contribution in [0.5, 0.6) is 0 Å². The molecule has 5 aromatic rings. The van der Waals surface area contributed by atoms with Crippen molar-refractivity contribution in [3.8, 4) is 22.5 Å². The van der Waals surface area contributed by atoms with E-state index in [1.165, 1.54) is 42.7 Å². The van der Waals surface area contributed by atoms with Crippen LogP contribution in [0.15, 0.2) is 53.4 Å². The van der Waals surface area contributed by atoms with Crippen molar-refractivity contribution in [2.45, 2.75) is 6.18 Å². The van der Waals surface area contributed by atoms with E-state index >= 15 is 4.39 Å². The minimum absolute atomic E-state index is 0.0531. The number of aromatic nitrogens is 5. The predicted molar refractivity (Wildman–Crippen MR) is 106 cm³/mol. The van der Waals surface area contributed by atoms with Crippen LogP contribution in [0.4, 0.5) is 22.0 Å². The highest BCUT2D eigenvalue weighted by atomic mass is 79.9. The Labute approximate surface area is 178 Å². The van der Waals surface area contributed by atoms with Crippen LogP contribution >= 0.6 is 15.9 Å². The Morgan fingerprint density at radius 3 is 2.58 bits per heavy atom. The maximum Gasteiger partial charge on any atom is 0.435 e. The van der Waals surface area contributed by atoms with Gasteiger partial charge in [0.2, 0.25) is 0 Å². The van der Waals surface area contributed by atoms with Crippen LogP contribution in [-0.4, -0.2) is 24.6 Å². The highest BCUT2D eigenvalue weighted by Gasteiger charge is 2.39. The van der Waals surface area contributed by atoms with Crippen LogP contribution in [0.2, 0.25) is 0 Å². The number of aromatic amines is 1. The number of hydrogen-bond donors (Lipinski definition) is 1. The third-order valence-corrected chi connectivity index (χ3v) is 5.41. The highest BCUT2D eigenvalue weighted by Crippen LogP contribution is 2.39. The van der Waals surface area contributed by atoms with E-state index in [1.807, 2.05) is 0 Å². The zero-order valence-corrected chi connectivity index (χ0v) is 16.8. The van der Waals surface area contributed by atoms with E-state index in [-0.39, 0.29) is 26.8 Å². The summed E-state index contributed by atoms with van der Waals surface area (Å²) in [6.45, 7) is 0. The first-order valence-electron chi connectivity index (χ1n) is 8.76. The van der Waals surface area contributed by atoms with Gasteiger partial charge in [0.25, 0.3) is 0 Å². The van der Waals surface area contributed by atoms with Gasteiger partial charge in [-0.1, -0.05) is 0 Å². The lowest BCUT2D eigenvalue weighted by molar-refractivity contribution is -0.140. The standard InChI is InChI=1S/C20H9BrF5N5/c21-12-5-9(1-3-13(12)22)15-8-31-16(7-27-15)29-19(20(24,25)26)18(31)10-2-4-14-11(17(10)23)6-28-30-14/h1-8H,(H,28,30). The molecule has 1 N–H and O–H groups in total. The maximum atomic E-state index is 15.2. The van der Waals surface area contributed by atoms with E-state index in [9.17, 15) is 17.6 Å². The number of imidazole rings is 1. The zero-order valence-electron chi connectivity index (χ0n) is 15.2. The molecule has 0 aliphatic rings. The zero-order chi connectivity index (χ0) is 21.9. The molecule has 0 aliphatic heterocycles. The second-order valence-electron chi connectivity index (χ2n) is 6.69.